The zero-order chi connectivity index (χ0) is 14.5. The third kappa shape index (κ3) is 4.06. The van der Waals surface area contributed by atoms with Crippen molar-refractivity contribution in [2.24, 2.45) is 0 Å². The van der Waals surface area contributed by atoms with Gasteiger partial charge in [-0.05, 0) is 18.6 Å². The van der Waals surface area contributed by atoms with E-state index in [1.54, 1.807) is 6.07 Å². The number of hydrogen-bond donors (Lipinski definition) is 1. The Labute approximate surface area is 117 Å². The molecular weight excluding hydrogens is 259 g/mol. The van der Waals surface area contributed by atoms with Gasteiger partial charge in [-0.25, -0.2) is 4.39 Å². The van der Waals surface area contributed by atoms with Gasteiger partial charge in [0.15, 0.2) is 5.76 Å². The lowest BCUT2D eigenvalue weighted by Crippen LogP contribution is -2.21. The lowest BCUT2D eigenvalue weighted by molar-refractivity contribution is 0.246. The van der Waals surface area contributed by atoms with Crippen LogP contribution in [0.15, 0.2) is 28.8 Å². The number of ether oxygens (including phenoxy) is 1. The van der Waals surface area contributed by atoms with Crippen molar-refractivity contribution in [1.82, 2.24) is 10.5 Å². The van der Waals surface area contributed by atoms with Crippen molar-refractivity contribution in [2.75, 3.05) is 0 Å². The third-order valence-corrected chi connectivity index (χ3v) is 2.82. The van der Waals surface area contributed by atoms with Gasteiger partial charge in [-0.2, -0.15) is 0 Å². The number of halogens is 1. The van der Waals surface area contributed by atoms with Gasteiger partial charge in [-0.3, -0.25) is 0 Å². The number of aromatic nitrogens is 1. The number of aryl methyl sites for hydroxylation is 1. The lowest BCUT2D eigenvalue weighted by atomic mass is 10.2. The third-order valence-electron chi connectivity index (χ3n) is 2.82. The van der Waals surface area contributed by atoms with E-state index in [4.69, 9.17) is 9.26 Å². The van der Waals surface area contributed by atoms with Gasteiger partial charge in [0.05, 0.1) is 5.69 Å². The van der Waals surface area contributed by atoms with Gasteiger partial charge in [0, 0.05) is 24.7 Å². The van der Waals surface area contributed by atoms with E-state index in [0.29, 0.717) is 24.1 Å². The molecule has 2 rings (SSSR count). The van der Waals surface area contributed by atoms with Crippen LogP contribution in [0.2, 0.25) is 0 Å². The van der Waals surface area contributed by atoms with Crippen molar-refractivity contribution in [3.63, 3.8) is 0 Å². The van der Waals surface area contributed by atoms with Gasteiger partial charge in [0.25, 0.3) is 0 Å². The molecule has 1 N–H and O–H groups in total. The summed E-state index contributed by atoms with van der Waals surface area (Å²) >= 11 is 0. The molecule has 0 bridgehead atoms. The van der Waals surface area contributed by atoms with Gasteiger partial charge in [0.1, 0.15) is 18.2 Å². The highest BCUT2D eigenvalue weighted by molar-refractivity contribution is 5.32. The summed E-state index contributed by atoms with van der Waals surface area (Å²) in [6.07, 6.45) is 0. The van der Waals surface area contributed by atoms with E-state index in [1.165, 1.54) is 12.1 Å². The fourth-order valence-electron chi connectivity index (χ4n) is 1.69. The molecule has 0 aliphatic heterocycles. The minimum Gasteiger partial charge on any atom is -0.485 e. The first-order valence-electron chi connectivity index (χ1n) is 6.61. The second kappa shape index (κ2) is 6.52. The van der Waals surface area contributed by atoms with Crippen LogP contribution in [0.25, 0.3) is 0 Å². The van der Waals surface area contributed by atoms with Crippen LogP contribution in [-0.4, -0.2) is 11.2 Å². The summed E-state index contributed by atoms with van der Waals surface area (Å²) in [5.74, 6) is 0.822. The summed E-state index contributed by atoms with van der Waals surface area (Å²) in [6.45, 7) is 6.89. The van der Waals surface area contributed by atoms with Crippen molar-refractivity contribution in [2.45, 2.75) is 40.0 Å². The summed E-state index contributed by atoms with van der Waals surface area (Å²) in [7, 11) is 0. The second-order valence-electron chi connectivity index (χ2n) is 5.02. The van der Waals surface area contributed by atoms with Gasteiger partial charge >= 0.3 is 0 Å². The molecule has 20 heavy (non-hydrogen) atoms. The maximum absolute atomic E-state index is 13.1. The Kier molecular flexibility index (Phi) is 4.74. The molecule has 0 saturated heterocycles. The molecule has 108 valence electrons. The van der Waals surface area contributed by atoms with E-state index in [0.717, 1.165) is 11.3 Å². The zero-order valence-corrected chi connectivity index (χ0v) is 11.9. The van der Waals surface area contributed by atoms with Crippen molar-refractivity contribution < 1.29 is 13.7 Å². The summed E-state index contributed by atoms with van der Waals surface area (Å²) in [4.78, 5) is 0. The Hall–Kier alpha value is -1.88. The monoisotopic (exact) mass is 278 g/mol. The van der Waals surface area contributed by atoms with Crippen molar-refractivity contribution >= 4 is 0 Å². The standard InChI is InChI=1S/C15H19FN2O2/c1-10(2)17-8-13-7-14(20-18-13)9-19-15-6-12(16)5-4-11(15)3/h4-7,10,17H,8-9H2,1-3H3. The Morgan fingerprint density at radius 1 is 1.35 bits per heavy atom. The molecule has 0 amide bonds. The fraction of sp³-hybridized carbons (Fsp3) is 0.400. The SMILES string of the molecule is Cc1ccc(F)cc1OCc1cc(CNC(C)C)no1. The molecule has 2 aromatic rings. The van der Waals surface area contributed by atoms with Crippen LogP contribution in [0.5, 0.6) is 5.75 Å². The van der Waals surface area contributed by atoms with Gasteiger partial charge < -0.3 is 14.6 Å². The minimum absolute atomic E-state index is 0.235. The summed E-state index contributed by atoms with van der Waals surface area (Å²) in [6, 6.07) is 6.69. The number of rotatable bonds is 6. The van der Waals surface area contributed by atoms with Crippen LogP contribution in [0.4, 0.5) is 4.39 Å². The van der Waals surface area contributed by atoms with Crippen LogP contribution < -0.4 is 10.1 Å². The quantitative estimate of drug-likeness (QED) is 0.881. The number of hydrogen-bond acceptors (Lipinski definition) is 4. The minimum atomic E-state index is -0.315. The highest BCUT2D eigenvalue weighted by Gasteiger charge is 2.07. The largest absolute Gasteiger partial charge is 0.485 e. The molecule has 0 radical (unpaired) electrons. The lowest BCUT2D eigenvalue weighted by Gasteiger charge is -2.06. The van der Waals surface area contributed by atoms with E-state index in [2.05, 4.69) is 24.3 Å². The molecule has 0 aliphatic rings. The first-order valence-corrected chi connectivity index (χ1v) is 6.61. The molecule has 1 aromatic carbocycles. The summed E-state index contributed by atoms with van der Waals surface area (Å²) in [5, 5.41) is 7.20. The Bertz CT molecular complexity index is 567. The Balaban J connectivity index is 1.92. The van der Waals surface area contributed by atoms with E-state index in [-0.39, 0.29) is 12.4 Å². The first kappa shape index (κ1) is 14.5. The molecule has 4 nitrogen and oxygen atoms in total. The first-order chi connectivity index (χ1) is 9.54. The number of benzene rings is 1. The average Bonchev–Trinajstić information content (AvgIpc) is 2.85. The van der Waals surface area contributed by atoms with E-state index >= 15 is 0 Å². The molecule has 5 heteroatoms. The molecule has 0 unspecified atom stereocenters. The van der Waals surface area contributed by atoms with Crippen molar-refractivity contribution in [1.29, 1.82) is 0 Å². The molecule has 1 heterocycles. The predicted octanol–water partition coefficient (Wildman–Crippen LogP) is 3.20. The molecule has 0 spiro atoms. The van der Waals surface area contributed by atoms with Crippen molar-refractivity contribution in [3.05, 3.63) is 47.1 Å². The van der Waals surface area contributed by atoms with Crippen LogP contribution in [0, 0.1) is 12.7 Å². The van der Waals surface area contributed by atoms with Gasteiger partial charge in [-0.1, -0.05) is 25.1 Å². The van der Waals surface area contributed by atoms with Crippen LogP contribution in [0.1, 0.15) is 30.9 Å². The zero-order valence-electron chi connectivity index (χ0n) is 11.9. The topological polar surface area (TPSA) is 47.3 Å². The fourth-order valence-corrected chi connectivity index (χ4v) is 1.69. The van der Waals surface area contributed by atoms with Gasteiger partial charge in [-0.15, -0.1) is 0 Å². The normalized spacial score (nSPS) is 11.1. The number of nitrogens with one attached hydrogen (secondary N) is 1. The molecule has 0 saturated carbocycles. The molecular formula is C15H19FN2O2. The highest BCUT2D eigenvalue weighted by Crippen LogP contribution is 2.20. The summed E-state index contributed by atoms with van der Waals surface area (Å²) in [5.41, 5.74) is 1.71. The second-order valence-corrected chi connectivity index (χ2v) is 5.02. The molecule has 1 aromatic heterocycles. The Morgan fingerprint density at radius 2 is 2.15 bits per heavy atom. The summed E-state index contributed by atoms with van der Waals surface area (Å²) < 4.78 is 23.9. The van der Waals surface area contributed by atoms with Crippen LogP contribution in [0.3, 0.4) is 0 Å². The van der Waals surface area contributed by atoms with Crippen LogP contribution >= 0.6 is 0 Å². The van der Waals surface area contributed by atoms with Crippen molar-refractivity contribution in [3.8, 4) is 5.75 Å². The van der Waals surface area contributed by atoms with Crippen LogP contribution in [-0.2, 0) is 13.2 Å². The van der Waals surface area contributed by atoms with E-state index in [9.17, 15) is 4.39 Å². The van der Waals surface area contributed by atoms with Gasteiger partial charge in [0.2, 0.25) is 0 Å². The molecule has 0 atom stereocenters. The average molecular weight is 278 g/mol. The maximum atomic E-state index is 13.1. The molecule has 0 fully saturated rings. The maximum Gasteiger partial charge on any atom is 0.174 e. The Morgan fingerprint density at radius 3 is 2.90 bits per heavy atom. The number of nitrogens with zero attached hydrogens (tertiary/aromatic N) is 1. The van der Waals surface area contributed by atoms with E-state index < -0.39 is 0 Å². The van der Waals surface area contributed by atoms with E-state index in [1.807, 2.05) is 13.0 Å². The smallest absolute Gasteiger partial charge is 0.174 e. The highest BCUT2D eigenvalue weighted by atomic mass is 19.1. The predicted molar refractivity (Wildman–Crippen MR) is 73.9 cm³/mol. The molecule has 0 aliphatic carbocycles.